The maximum absolute atomic E-state index is 12.0. The van der Waals surface area contributed by atoms with Crippen LogP contribution in [0.2, 0.25) is 0 Å². The summed E-state index contributed by atoms with van der Waals surface area (Å²) in [5.41, 5.74) is 0.780. The Morgan fingerprint density at radius 1 is 1.26 bits per heavy atom. The molecule has 0 aromatic heterocycles. The molecular weight excluding hydrogens is 242 g/mol. The monoisotopic (exact) mass is 263 g/mol. The van der Waals surface area contributed by atoms with Crippen LogP contribution in [0.5, 0.6) is 0 Å². The minimum absolute atomic E-state index is 0.0833. The lowest BCUT2D eigenvalue weighted by Gasteiger charge is -2.27. The normalized spacial score (nSPS) is 24.7. The summed E-state index contributed by atoms with van der Waals surface area (Å²) >= 11 is 0. The van der Waals surface area contributed by atoms with Crippen LogP contribution in [-0.2, 0) is 9.53 Å². The number of hydrogen-bond acceptors (Lipinski definition) is 3. The molecule has 2 N–H and O–H groups in total. The number of aliphatic hydroxyl groups is 1. The molecule has 0 aliphatic heterocycles. The maximum atomic E-state index is 12.0. The molecule has 0 saturated heterocycles. The zero-order chi connectivity index (χ0) is 13.7. The highest BCUT2D eigenvalue weighted by Gasteiger charge is 2.24. The van der Waals surface area contributed by atoms with Crippen LogP contribution in [0.15, 0.2) is 30.3 Å². The number of carbonyl (C=O) groups is 1. The Bertz CT molecular complexity index is 399. The molecule has 0 bridgehead atoms. The van der Waals surface area contributed by atoms with Gasteiger partial charge in [-0.3, -0.25) is 4.79 Å². The van der Waals surface area contributed by atoms with Gasteiger partial charge in [-0.05, 0) is 44.7 Å². The molecular formula is C15H21NO3. The Morgan fingerprint density at radius 2 is 1.89 bits per heavy atom. The highest BCUT2D eigenvalue weighted by molar-refractivity contribution is 5.93. The van der Waals surface area contributed by atoms with Gasteiger partial charge in [-0.25, -0.2) is 0 Å². The number of carbonyl (C=O) groups excluding carboxylic acids is 1. The van der Waals surface area contributed by atoms with E-state index in [1.807, 2.05) is 30.3 Å². The summed E-state index contributed by atoms with van der Waals surface area (Å²) in [6, 6.07) is 9.36. The van der Waals surface area contributed by atoms with Gasteiger partial charge >= 0.3 is 0 Å². The summed E-state index contributed by atoms with van der Waals surface area (Å²) in [4.78, 5) is 12.0. The van der Waals surface area contributed by atoms with Gasteiger partial charge < -0.3 is 15.2 Å². The minimum Gasteiger partial charge on any atom is -0.393 e. The molecule has 1 aliphatic carbocycles. The maximum Gasteiger partial charge on any atom is 0.253 e. The van der Waals surface area contributed by atoms with Crippen LogP contribution in [0, 0.1) is 0 Å². The molecule has 0 heterocycles. The van der Waals surface area contributed by atoms with E-state index in [9.17, 15) is 9.90 Å². The number of para-hydroxylation sites is 1. The number of rotatable bonds is 4. The lowest BCUT2D eigenvalue weighted by molar-refractivity contribution is -0.132. The second kappa shape index (κ2) is 6.68. The van der Waals surface area contributed by atoms with Crippen molar-refractivity contribution >= 4 is 11.6 Å². The molecule has 1 amide bonds. The molecule has 1 atom stereocenters. The average molecular weight is 263 g/mol. The predicted molar refractivity (Wildman–Crippen MR) is 73.9 cm³/mol. The number of benzene rings is 1. The summed E-state index contributed by atoms with van der Waals surface area (Å²) < 4.78 is 5.75. The Hall–Kier alpha value is -1.39. The Balaban J connectivity index is 1.79. The molecule has 104 valence electrons. The van der Waals surface area contributed by atoms with E-state index < -0.39 is 6.10 Å². The van der Waals surface area contributed by atoms with Gasteiger partial charge in [0.05, 0.1) is 12.2 Å². The van der Waals surface area contributed by atoms with Crippen molar-refractivity contribution in [1.82, 2.24) is 0 Å². The van der Waals surface area contributed by atoms with E-state index in [2.05, 4.69) is 5.32 Å². The van der Waals surface area contributed by atoms with E-state index >= 15 is 0 Å². The van der Waals surface area contributed by atoms with Gasteiger partial charge in [-0.1, -0.05) is 18.2 Å². The summed E-state index contributed by atoms with van der Waals surface area (Å²) in [5.74, 6) is -0.127. The van der Waals surface area contributed by atoms with Crippen LogP contribution in [0.4, 0.5) is 5.69 Å². The standard InChI is InChI=1S/C15H21NO3/c1-11(19-14-9-7-13(17)8-10-14)15(18)16-12-5-3-2-4-6-12/h2-6,11,13-14,17H,7-10H2,1H3,(H,16,18). The smallest absolute Gasteiger partial charge is 0.253 e. The molecule has 4 nitrogen and oxygen atoms in total. The fraction of sp³-hybridized carbons (Fsp3) is 0.533. The van der Waals surface area contributed by atoms with Gasteiger partial charge in [-0.2, -0.15) is 0 Å². The van der Waals surface area contributed by atoms with E-state index in [1.54, 1.807) is 6.92 Å². The van der Waals surface area contributed by atoms with E-state index in [4.69, 9.17) is 4.74 Å². The fourth-order valence-corrected chi connectivity index (χ4v) is 2.30. The molecule has 0 spiro atoms. The molecule has 1 saturated carbocycles. The Morgan fingerprint density at radius 3 is 2.53 bits per heavy atom. The van der Waals surface area contributed by atoms with Crippen LogP contribution in [0.3, 0.4) is 0 Å². The van der Waals surface area contributed by atoms with Crippen LogP contribution < -0.4 is 5.32 Å². The molecule has 2 rings (SSSR count). The second-order valence-corrected chi connectivity index (χ2v) is 5.06. The first-order chi connectivity index (χ1) is 9.15. The molecule has 19 heavy (non-hydrogen) atoms. The lowest BCUT2D eigenvalue weighted by atomic mass is 9.95. The van der Waals surface area contributed by atoms with E-state index in [1.165, 1.54) is 0 Å². The SMILES string of the molecule is CC(OC1CCC(O)CC1)C(=O)Nc1ccccc1. The Labute approximate surface area is 113 Å². The van der Waals surface area contributed by atoms with Crippen LogP contribution in [0.25, 0.3) is 0 Å². The summed E-state index contributed by atoms with van der Waals surface area (Å²) in [7, 11) is 0. The first kappa shape index (κ1) is 14.0. The van der Waals surface area contributed by atoms with Crippen molar-refractivity contribution in [3.05, 3.63) is 30.3 Å². The zero-order valence-corrected chi connectivity index (χ0v) is 11.2. The summed E-state index contributed by atoms with van der Waals surface area (Å²) in [6.07, 6.45) is 2.58. The van der Waals surface area contributed by atoms with Crippen molar-refractivity contribution in [2.24, 2.45) is 0 Å². The number of anilines is 1. The third-order valence-corrected chi connectivity index (χ3v) is 3.45. The molecule has 1 aromatic carbocycles. The minimum atomic E-state index is -0.472. The highest BCUT2D eigenvalue weighted by atomic mass is 16.5. The van der Waals surface area contributed by atoms with Crippen molar-refractivity contribution in [1.29, 1.82) is 0 Å². The Kier molecular flexibility index (Phi) is 4.93. The van der Waals surface area contributed by atoms with Crippen molar-refractivity contribution in [3.8, 4) is 0 Å². The first-order valence-electron chi connectivity index (χ1n) is 6.84. The average Bonchev–Trinajstić information content (AvgIpc) is 2.42. The van der Waals surface area contributed by atoms with Gasteiger partial charge in [0, 0.05) is 5.69 Å². The van der Waals surface area contributed by atoms with E-state index in [0.29, 0.717) is 0 Å². The largest absolute Gasteiger partial charge is 0.393 e. The van der Waals surface area contributed by atoms with E-state index in [-0.39, 0.29) is 18.1 Å². The number of ether oxygens (including phenoxy) is 1. The van der Waals surface area contributed by atoms with Crippen LogP contribution >= 0.6 is 0 Å². The highest BCUT2D eigenvalue weighted by Crippen LogP contribution is 2.22. The van der Waals surface area contributed by atoms with Crippen molar-refractivity contribution in [3.63, 3.8) is 0 Å². The molecule has 1 aliphatic rings. The first-order valence-corrected chi connectivity index (χ1v) is 6.84. The zero-order valence-electron chi connectivity index (χ0n) is 11.2. The summed E-state index contributed by atoms with van der Waals surface area (Å²) in [5, 5.41) is 12.3. The molecule has 1 unspecified atom stereocenters. The van der Waals surface area contributed by atoms with Gasteiger partial charge in [0.1, 0.15) is 6.10 Å². The molecule has 1 fully saturated rings. The lowest BCUT2D eigenvalue weighted by Crippen LogP contribution is -2.34. The number of aliphatic hydroxyl groups excluding tert-OH is 1. The fourth-order valence-electron chi connectivity index (χ4n) is 2.30. The van der Waals surface area contributed by atoms with E-state index in [0.717, 1.165) is 31.4 Å². The second-order valence-electron chi connectivity index (χ2n) is 5.06. The van der Waals surface area contributed by atoms with Crippen molar-refractivity contribution in [2.45, 2.75) is 50.9 Å². The van der Waals surface area contributed by atoms with Crippen molar-refractivity contribution < 1.29 is 14.6 Å². The van der Waals surface area contributed by atoms with Gasteiger partial charge in [0.15, 0.2) is 0 Å². The molecule has 1 aromatic rings. The number of nitrogens with one attached hydrogen (secondary N) is 1. The summed E-state index contributed by atoms with van der Waals surface area (Å²) in [6.45, 7) is 1.77. The predicted octanol–water partition coefficient (Wildman–Crippen LogP) is 2.33. The molecule has 4 heteroatoms. The molecule has 0 radical (unpaired) electrons. The third kappa shape index (κ3) is 4.33. The van der Waals surface area contributed by atoms with Crippen molar-refractivity contribution in [2.75, 3.05) is 5.32 Å². The van der Waals surface area contributed by atoms with Gasteiger partial charge in [0.25, 0.3) is 5.91 Å². The van der Waals surface area contributed by atoms with Crippen LogP contribution in [0.1, 0.15) is 32.6 Å². The number of hydrogen-bond donors (Lipinski definition) is 2. The third-order valence-electron chi connectivity index (χ3n) is 3.45. The topological polar surface area (TPSA) is 58.6 Å². The van der Waals surface area contributed by atoms with Crippen LogP contribution in [-0.4, -0.2) is 29.3 Å². The quantitative estimate of drug-likeness (QED) is 0.876. The van der Waals surface area contributed by atoms with Gasteiger partial charge in [0.2, 0.25) is 0 Å². The van der Waals surface area contributed by atoms with Gasteiger partial charge in [-0.15, -0.1) is 0 Å². The number of amides is 1.